The van der Waals surface area contributed by atoms with Crippen molar-refractivity contribution in [2.45, 2.75) is 38.1 Å². The molecule has 1 aromatic rings. The number of carbonyl (C=O) groups excluding carboxylic acids is 1. The molecule has 1 aromatic carbocycles. The second kappa shape index (κ2) is 4.75. The standard InChI is InChI=1S/C13H19N3O/c1-13(8-4-5-9-13)15-12(17)10-6-2-3-7-11(10)16-14/h2-3,6-7,16H,4-5,8-9,14H2,1H3,(H,15,17). The van der Waals surface area contributed by atoms with Crippen LogP contribution in [0.25, 0.3) is 0 Å². The van der Waals surface area contributed by atoms with E-state index in [9.17, 15) is 4.79 Å². The number of benzene rings is 1. The SMILES string of the molecule is CC1(NC(=O)c2ccccc2NN)CCCC1. The highest BCUT2D eigenvalue weighted by Gasteiger charge is 2.30. The molecule has 1 saturated carbocycles. The van der Waals surface area contributed by atoms with E-state index in [0.29, 0.717) is 11.3 Å². The Morgan fingerprint density at radius 3 is 2.59 bits per heavy atom. The minimum atomic E-state index is -0.0568. The van der Waals surface area contributed by atoms with Gasteiger partial charge in [-0.15, -0.1) is 0 Å². The van der Waals surface area contributed by atoms with Gasteiger partial charge < -0.3 is 10.7 Å². The summed E-state index contributed by atoms with van der Waals surface area (Å²) in [5, 5.41) is 3.11. The lowest BCUT2D eigenvalue weighted by molar-refractivity contribution is 0.0909. The van der Waals surface area contributed by atoms with Crippen molar-refractivity contribution < 1.29 is 4.79 Å². The first-order chi connectivity index (χ1) is 8.14. The number of nitrogen functional groups attached to an aromatic ring is 1. The Morgan fingerprint density at radius 2 is 1.94 bits per heavy atom. The van der Waals surface area contributed by atoms with Crippen LogP contribution in [0.15, 0.2) is 24.3 Å². The van der Waals surface area contributed by atoms with Crippen molar-refractivity contribution in [3.05, 3.63) is 29.8 Å². The summed E-state index contributed by atoms with van der Waals surface area (Å²) in [5.74, 6) is 5.35. The maximum atomic E-state index is 12.2. The number of rotatable bonds is 3. The molecule has 92 valence electrons. The molecule has 1 aliphatic carbocycles. The van der Waals surface area contributed by atoms with Crippen LogP contribution < -0.4 is 16.6 Å². The normalized spacial score (nSPS) is 17.8. The van der Waals surface area contributed by atoms with Crippen molar-refractivity contribution in [2.75, 3.05) is 5.43 Å². The zero-order valence-electron chi connectivity index (χ0n) is 10.1. The number of hydrazine groups is 1. The summed E-state index contributed by atoms with van der Waals surface area (Å²) in [7, 11) is 0. The summed E-state index contributed by atoms with van der Waals surface area (Å²) in [5.41, 5.74) is 3.76. The molecule has 4 heteroatoms. The van der Waals surface area contributed by atoms with Crippen LogP contribution >= 0.6 is 0 Å². The zero-order chi connectivity index (χ0) is 12.3. The lowest BCUT2D eigenvalue weighted by atomic mass is 10.00. The Morgan fingerprint density at radius 1 is 1.29 bits per heavy atom. The third kappa shape index (κ3) is 2.58. The smallest absolute Gasteiger partial charge is 0.253 e. The van der Waals surface area contributed by atoms with E-state index in [1.807, 2.05) is 12.1 Å². The van der Waals surface area contributed by atoms with Gasteiger partial charge in [0.2, 0.25) is 0 Å². The van der Waals surface area contributed by atoms with E-state index in [1.165, 1.54) is 12.8 Å². The molecular formula is C13H19N3O. The van der Waals surface area contributed by atoms with Gasteiger partial charge in [-0.05, 0) is 31.9 Å². The molecule has 1 amide bonds. The molecule has 0 heterocycles. The van der Waals surface area contributed by atoms with Crippen molar-refractivity contribution in [2.24, 2.45) is 5.84 Å². The average molecular weight is 233 g/mol. The zero-order valence-corrected chi connectivity index (χ0v) is 10.1. The number of anilines is 1. The first-order valence-corrected chi connectivity index (χ1v) is 6.03. The van der Waals surface area contributed by atoms with Crippen LogP contribution in [-0.4, -0.2) is 11.4 Å². The van der Waals surface area contributed by atoms with Crippen LogP contribution in [0.2, 0.25) is 0 Å². The van der Waals surface area contributed by atoms with E-state index in [4.69, 9.17) is 5.84 Å². The van der Waals surface area contributed by atoms with Gasteiger partial charge in [-0.25, -0.2) is 0 Å². The van der Waals surface area contributed by atoms with Crippen LogP contribution in [0.4, 0.5) is 5.69 Å². The van der Waals surface area contributed by atoms with Gasteiger partial charge in [0.15, 0.2) is 0 Å². The van der Waals surface area contributed by atoms with Crippen LogP contribution in [0.3, 0.4) is 0 Å². The molecule has 17 heavy (non-hydrogen) atoms. The number of carbonyl (C=O) groups is 1. The van der Waals surface area contributed by atoms with Crippen molar-refractivity contribution in [1.29, 1.82) is 0 Å². The summed E-state index contributed by atoms with van der Waals surface area (Å²) in [6.07, 6.45) is 4.48. The molecule has 0 aromatic heterocycles. The van der Waals surface area contributed by atoms with Gasteiger partial charge in [0, 0.05) is 5.54 Å². The van der Waals surface area contributed by atoms with E-state index < -0.39 is 0 Å². The highest BCUT2D eigenvalue weighted by Crippen LogP contribution is 2.29. The Labute approximate surface area is 102 Å². The maximum Gasteiger partial charge on any atom is 0.253 e. The summed E-state index contributed by atoms with van der Waals surface area (Å²) < 4.78 is 0. The monoisotopic (exact) mass is 233 g/mol. The van der Waals surface area contributed by atoms with Crippen molar-refractivity contribution >= 4 is 11.6 Å². The summed E-state index contributed by atoms with van der Waals surface area (Å²) in [6, 6.07) is 7.27. The van der Waals surface area contributed by atoms with Gasteiger partial charge in [-0.3, -0.25) is 10.6 Å². The third-order valence-corrected chi connectivity index (χ3v) is 3.45. The van der Waals surface area contributed by atoms with E-state index in [1.54, 1.807) is 12.1 Å². The molecule has 4 N–H and O–H groups in total. The molecule has 0 aliphatic heterocycles. The van der Waals surface area contributed by atoms with Gasteiger partial charge in [-0.2, -0.15) is 0 Å². The van der Waals surface area contributed by atoms with Crippen molar-refractivity contribution in [3.8, 4) is 0 Å². The van der Waals surface area contributed by atoms with Crippen molar-refractivity contribution in [1.82, 2.24) is 5.32 Å². The summed E-state index contributed by atoms with van der Waals surface area (Å²) in [4.78, 5) is 12.2. The molecule has 0 saturated heterocycles. The highest BCUT2D eigenvalue weighted by atomic mass is 16.1. The number of amides is 1. The quantitative estimate of drug-likeness (QED) is 0.553. The number of hydrogen-bond acceptors (Lipinski definition) is 3. The van der Waals surface area contributed by atoms with E-state index >= 15 is 0 Å². The number of nitrogens with two attached hydrogens (primary N) is 1. The van der Waals surface area contributed by atoms with Crippen molar-refractivity contribution in [3.63, 3.8) is 0 Å². The molecular weight excluding hydrogens is 214 g/mol. The molecule has 4 nitrogen and oxygen atoms in total. The van der Waals surface area contributed by atoms with Gasteiger partial charge in [-0.1, -0.05) is 25.0 Å². The fourth-order valence-electron chi connectivity index (χ4n) is 2.43. The average Bonchev–Trinajstić information content (AvgIpc) is 2.75. The largest absolute Gasteiger partial charge is 0.347 e. The minimum absolute atomic E-state index is 0.0528. The van der Waals surface area contributed by atoms with E-state index in [0.717, 1.165) is 12.8 Å². The van der Waals surface area contributed by atoms with E-state index in [-0.39, 0.29) is 11.4 Å². The molecule has 1 fully saturated rings. The molecule has 0 bridgehead atoms. The first kappa shape index (κ1) is 11.9. The predicted octanol–water partition coefficient (Wildman–Crippen LogP) is 2.03. The Hall–Kier alpha value is -1.55. The molecule has 0 radical (unpaired) electrons. The van der Waals surface area contributed by atoms with Gasteiger partial charge in [0.25, 0.3) is 5.91 Å². The van der Waals surface area contributed by atoms with Gasteiger partial charge in [0.1, 0.15) is 0 Å². The van der Waals surface area contributed by atoms with E-state index in [2.05, 4.69) is 17.7 Å². The second-order valence-corrected chi connectivity index (χ2v) is 4.91. The third-order valence-electron chi connectivity index (χ3n) is 3.45. The fraction of sp³-hybridized carbons (Fsp3) is 0.462. The topological polar surface area (TPSA) is 67.2 Å². The minimum Gasteiger partial charge on any atom is -0.347 e. The Balaban J connectivity index is 2.14. The lowest BCUT2D eigenvalue weighted by Gasteiger charge is -2.25. The Kier molecular flexibility index (Phi) is 3.33. The maximum absolute atomic E-state index is 12.2. The first-order valence-electron chi connectivity index (χ1n) is 6.03. The molecule has 0 spiro atoms. The van der Waals surface area contributed by atoms with Crippen LogP contribution in [-0.2, 0) is 0 Å². The summed E-state index contributed by atoms with van der Waals surface area (Å²) >= 11 is 0. The molecule has 0 unspecified atom stereocenters. The van der Waals surface area contributed by atoms with Crippen LogP contribution in [0.5, 0.6) is 0 Å². The Bertz CT molecular complexity index is 411. The molecule has 2 rings (SSSR count). The van der Waals surface area contributed by atoms with Crippen LogP contribution in [0.1, 0.15) is 43.0 Å². The summed E-state index contributed by atoms with van der Waals surface area (Å²) in [6.45, 7) is 2.11. The molecule has 0 atom stereocenters. The fourth-order valence-corrected chi connectivity index (χ4v) is 2.43. The molecule has 1 aliphatic rings. The number of nitrogens with one attached hydrogen (secondary N) is 2. The van der Waals surface area contributed by atoms with Gasteiger partial charge in [0.05, 0.1) is 11.3 Å². The highest BCUT2D eigenvalue weighted by molar-refractivity contribution is 5.99. The predicted molar refractivity (Wildman–Crippen MR) is 68.6 cm³/mol. The van der Waals surface area contributed by atoms with Gasteiger partial charge >= 0.3 is 0 Å². The lowest BCUT2D eigenvalue weighted by Crippen LogP contribution is -2.43. The number of hydrogen-bond donors (Lipinski definition) is 3. The second-order valence-electron chi connectivity index (χ2n) is 4.91. The van der Waals surface area contributed by atoms with Crippen LogP contribution in [0, 0.1) is 0 Å². The number of para-hydroxylation sites is 1.